The molecule has 25 heavy (non-hydrogen) atoms. The van der Waals surface area contributed by atoms with E-state index >= 15 is 0 Å². The minimum Gasteiger partial charge on any atom is -0.384 e. The van der Waals surface area contributed by atoms with Crippen molar-refractivity contribution in [3.05, 3.63) is 83.6 Å². The Morgan fingerprint density at radius 2 is 1.88 bits per heavy atom. The van der Waals surface area contributed by atoms with Gasteiger partial charge in [-0.1, -0.05) is 36.4 Å². The molecular weight excluding hydrogens is 308 g/mol. The summed E-state index contributed by atoms with van der Waals surface area (Å²) in [5.41, 5.74) is 10.9. The van der Waals surface area contributed by atoms with Crippen LogP contribution in [0.5, 0.6) is 0 Å². The van der Waals surface area contributed by atoms with Crippen LogP contribution in [0.1, 0.15) is 29.7 Å². The molecule has 0 fully saturated rings. The molecule has 3 N–H and O–H groups in total. The number of benzene rings is 2. The topological polar surface area (TPSA) is 74.7 Å². The summed E-state index contributed by atoms with van der Waals surface area (Å²) in [6, 6.07) is 22.3. The molecule has 0 bridgehead atoms. The van der Waals surface area contributed by atoms with Gasteiger partial charge in [-0.2, -0.15) is 5.26 Å². The zero-order valence-corrected chi connectivity index (χ0v) is 14.1. The van der Waals surface area contributed by atoms with Gasteiger partial charge in [0, 0.05) is 18.8 Å². The third kappa shape index (κ3) is 4.23. The number of hydrogen-bond donors (Lipinski definition) is 2. The molecule has 0 radical (unpaired) electrons. The Morgan fingerprint density at radius 3 is 2.60 bits per heavy atom. The van der Waals surface area contributed by atoms with Gasteiger partial charge in [0.25, 0.3) is 0 Å². The fraction of sp³-hybridized carbons (Fsp3) is 0.143. The standard InChI is InChI=1S/C21H20N4/c1-15(25-14-17-9-10-24-21(23)12-17)18-5-7-19(8-6-18)20-4-2-3-16(11-20)13-22/h2-12,15,25H,14H2,1H3,(H2,23,24)/t15-/m1/s1. The second-order valence-electron chi connectivity index (χ2n) is 6.01. The quantitative estimate of drug-likeness (QED) is 0.741. The Bertz CT molecular complexity index is 894. The third-order valence-corrected chi connectivity index (χ3v) is 4.19. The van der Waals surface area contributed by atoms with Gasteiger partial charge < -0.3 is 11.1 Å². The number of nitrogens with one attached hydrogen (secondary N) is 1. The lowest BCUT2D eigenvalue weighted by atomic mass is 10.00. The van der Waals surface area contributed by atoms with Crippen LogP contribution in [-0.2, 0) is 6.54 Å². The van der Waals surface area contributed by atoms with Crippen molar-refractivity contribution in [1.82, 2.24) is 10.3 Å². The molecule has 0 aliphatic rings. The van der Waals surface area contributed by atoms with Gasteiger partial charge in [0.15, 0.2) is 0 Å². The molecule has 4 nitrogen and oxygen atoms in total. The lowest BCUT2D eigenvalue weighted by molar-refractivity contribution is 0.574. The van der Waals surface area contributed by atoms with Gasteiger partial charge in [0.05, 0.1) is 11.6 Å². The lowest BCUT2D eigenvalue weighted by Crippen LogP contribution is -2.18. The first-order chi connectivity index (χ1) is 12.2. The van der Waals surface area contributed by atoms with Crippen molar-refractivity contribution in [2.24, 2.45) is 0 Å². The van der Waals surface area contributed by atoms with Gasteiger partial charge in [-0.25, -0.2) is 4.98 Å². The first-order valence-electron chi connectivity index (χ1n) is 8.20. The molecule has 0 spiro atoms. The molecular formula is C21H20N4. The van der Waals surface area contributed by atoms with Crippen LogP contribution in [0.3, 0.4) is 0 Å². The molecule has 0 aliphatic heterocycles. The van der Waals surface area contributed by atoms with Crippen molar-refractivity contribution in [3.8, 4) is 17.2 Å². The Hall–Kier alpha value is -3.16. The third-order valence-electron chi connectivity index (χ3n) is 4.19. The summed E-state index contributed by atoms with van der Waals surface area (Å²) in [5.74, 6) is 0.538. The maximum atomic E-state index is 9.03. The lowest BCUT2D eigenvalue weighted by Gasteiger charge is -2.15. The van der Waals surface area contributed by atoms with Crippen LogP contribution in [0.15, 0.2) is 66.9 Å². The number of nitriles is 1. The number of nitrogen functional groups attached to an aromatic ring is 1. The van der Waals surface area contributed by atoms with E-state index in [1.54, 1.807) is 6.20 Å². The average molecular weight is 328 g/mol. The van der Waals surface area contributed by atoms with E-state index in [1.165, 1.54) is 5.56 Å². The van der Waals surface area contributed by atoms with E-state index in [2.05, 4.69) is 47.6 Å². The first kappa shape index (κ1) is 16.7. The molecule has 3 rings (SSSR count). The van der Waals surface area contributed by atoms with Gasteiger partial charge in [-0.3, -0.25) is 0 Å². The van der Waals surface area contributed by atoms with E-state index in [0.717, 1.165) is 23.2 Å². The predicted molar refractivity (Wildman–Crippen MR) is 100 cm³/mol. The summed E-state index contributed by atoms with van der Waals surface area (Å²) in [7, 11) is 0. The first-order valence-corrected chi connectivity index (χ1v) is 8.20. The summed E-state index contributed by atoms with van der Waals surface area (Å²) in [6.45, 7) is 2.87. The number of anilines is 1. The highest BCUT2D eigenvalue weighted by Gasteiger charge is 2.06. The summed E-state index contributed by atoms with van der Waals surface area (Å²) in [6.07, 6.45) is 1.72. The smallest absolute Gasteiger partial charge is 0.123 e. The van der Waals surface area contributed by atoms with E-state index in [1.807, 2.05) is 36.4 Å². The molecule has 3 aromatic rings. The van der Waals surface area contributed by atoms with Crippen LogP contribution >= 0.6 is 0 Å². The molecule has 0 saturated heterocycles. The maximum absolute atomic E-state index is 9.03. The van der Waals surface area contributed by atoms with Crippen molar-refractivity contribution in [2.45, 2.75) is 19.5 Å². The van der Waals surface area contributed by atoms with Gasteiger partial charge >= 0.3 is 0 Å². The van der Waals surface area contributed by atoms with Gasteiger partial charge in [0.2, 0.25) is 0 Å². The fourth-order valence-corrected chi connectivity index (χ4v) is 2.73. The molecule has 124 valence electrons. The van der Waals surface area contributed by atoms with Crippen molar-refractivity contribution < 1.29 is 0 Å². The van der Waals surface area contributed by atoms with E-state index in [-0.39, 0.29) is 6.04 Å². The van der Waals surface area contributed by atoms with Gasteiger partial charge in [-0.05, 0) is 53.4 Å². The predicted octanol–water partition coefficient (Wildman–Crippen LogP) is 4.05. The van der Waals surface area contributed by atoms with Crippen LogP contribution in [0.25, 0.3) is 11.1 Å². The SMILES string of the molecule is C[C@@H](NCc1ccnc(N)c1)c1ccc(-c2cccc(C#N)c2)cc1. The second kappa shape index (κ2) is 7.61. The minimum atomic E-state index is 0.217. The summed E-state index contributed by atoms with van der Waals surface area (Å²) in [4.78, 5) is 4.01. The second-order valence-corrected chi connectivity index (χ2v) is 6.01. The number of nitrogens with zero attached hydrogens (tertiary/aromatic N) is 2. The van der Waals surface area contributed by atoms with Gasteiger partial charge in [0.1, 0.15) is 5.82 Å². The van der Waals surface area contributed by atoms with Crippen LogP contribution in [-0.4, -0.2) is 4.98 Å². The molecule has 0 saturated carbocycles. The maximum Gasteiger partial charge on any atom is 0.123 e. The Morgan fingerprint density at radius 1 is 1.08 bits per heavy atom. The normalized spacial score (nSPS) is 11.7. The molecule has 1 aromatic heterocycles. The fourth-order valence-electron chi connectivity index (χ4n) is 2.73. The molecule has 4 heteroatoms. The van der Waals surface area contributed by atoms with Crippen molar-refractivity contribution >= 4 is 5.82 Å². The van der Waals surface area contributed by atoms with E-state index in [9.17, 15) is 0 Å². The van der Waals surface area contributed by atoms with Gasteiger partial charge in [-0.15, -0.1) is 0 Å². The van der Waals surface area contributed by atoms with E-state index < -0.39 is 0 Å². The highest BCUT2D eigenvalue weighted by Crippen LogP contribution is 2.23. The van der Waals surface area contributed by atoms with E-state index in [4.69, 9.17) is 11.0 Å². The Balaban J connectivity index is 1.68. The molecule has 0 unspecified atom stereocenters. The number of pyridine rings is 1. The molecule has 1 heterocycles. The summed E-state index contributed by atoms with van der Waals surface area (Å²) < 4.78 is 0. The number of hydrogen-bond acceptors (Lipinski definition) is 4. The van der Waals surface area contributed by atoms with Crippen LogP contribution in [0, 0.1) is 11.3 Å². The monoisotopic (exact) mass is 328 g/mol. The number of rotatable bonds is 5. The number of aromatic nitrogens is 1. The van der Waals surface area contributed by atoms with Crippen molar-refractivity contribution in [1.29, 1.82) is 5.26 Å². The highest BCUT2D eigenvalue weighted by atomic mass is 14.9. The van der Waals surface area contributed by atoms with E-state index in [0.29, 0.717) is 11.4 Å². The van der Waals surface area contributed by atoms with Crippen molar-refractivity contribution in [3.63, 3.8) is 0 Å². The number of nitrogens with two attached hydrogens (primary N) is 1. The van der Waals surface area contributed by atoms with Crippen LogP contribution in [0.2, 0.25) is 0 Å². The Labute approximate surface area is 148 Å². The largest absolute Gasteiger partial charge is 0.384 e. The zero-order valence-electron chi connectivity index (χ0n) is 14.1. The molecule has 0 amide bonds. The molecule has 1 atom stereocenters. The average Bonchev–Trinajstić information content (AvgIpc) is 2.66. The van der Waals surface area contributed by atoms with Crippen LogP contribution in [0.4, 0.5) is 5.82 Å². The molecule has 2 aromatic carbocycles. The molecule has 0 aliphatic carbocycles. The zero-order chi connectivity index (χ0) is 17.6. The highest BCUT2D eigenvalue weighted by molar-refractivity contribution is 5.65. The Kier molecular flexibility index (Phi) is 5.08. The summed E-state index contributed by atoms with van der Waals surface area (Å²) in [5, 5.41) is 12.5. The summed E-state index contributed by atoms with van der Waals surface area (Å²) >= 11 is 0. The van der Waals surface area contributed by atoms with Crippen LogP contribution < -0.4 is 11.1 Å². The van der Waals surface area contributed by atoms with Crippen molar-refractivity contribution in [2.75, 3.05) is 5.73 Å². The minimum absolute atomic E-state index is 0.217.